The van der Waals surface area contributed by atoms with Crippen LogP contribution in [0.3, 0.4) is 0 Å². The van der Waals surface area contributed by atoms with Crippen molar-refractivity contribution in [3.63, 3.8) is 0 Å². The van der Waals surface area contributed by atoms with Crippen molar-refractivity contribution in [2.75, 3.05) is 0 Å². The van der Waals surface area contributed by atoms with Gasteiger partial charge in [-0.05, 0) is 47.0 Å². The third kappa shape index (κ3) is 5.99. The van der Waals surface area contributed by atoms with E-state index in [1.165, 1.54) is 0 Å². The quantitative estimate of drug-likeness (QED) is 0.481. The molecule has 0 atom stereocenters. The lowest BCUT2D eigenvalue weighted by Gasteiger charge is -2.26. The first-order valence-electron chi connectivity index (χ1n) is 4.65. The van der Waals surface area contributed by atoms with Gasteiger partial charge in [-0.15, -0.1) is 0 Å². The second-order valence-electron chi connectivity index (χ2n) is 4.84. The van der Waals surface area contributed by atoms with Crippen molar-refractivity contribution in [1.29, 1.82) is 0 Å². The van der Waals surface area contributed by atoms with Crippen LogP contribution in [0.4, 0.5) is 0 Å². The van der Waals surface area contributed by atoms with Crippen molar-refractivity contribution >= 4 is 0 Å². The summed E-state index contributed by atoms with van der Waals surface area (Å²) in [7, 11) is 0. The van der Waals surface area contributed by atoms with Crippen molar-refractivity contribution in [2.24, 2.45) is 0 Å². The summed E-state index contributed by atoms with van der Waals surface area (Å²) in [5.74, 6) is 0. The first-order valence-corrected chi connectivity index (χ1v) is 4.65. The highest BCUT2D eigenvalue weighted by Crippen LogP contribution is 2.17. The Morgan fingerprint density at radius 2 is 1.15 bits per heavy atom. The lowest BCUT2D eigenvalue weighted by atomic mass is 9.92. The van der Waals surface area contributed by atoms with E-state index in [1.54, 1.807) is 0 Å². The fraction of sp³-hybridized carbons (Fsp3) is 1.00. The van der Waals surface area contributed by atoms with E-state index in [9.17, 15) is 0 Å². The Balaban J connectivity index is 3.68. The molecule has 0 rings (SSSR count). The van der Waals surface area contributed by atoms with Crippen LogP contribution in [0.15, 0.2) is 0 Å². The van der Waals surface area contributed by atoms with Gasteiger partial charge in [-0.2, -0.15) is 0 Å². The SMILES string of the molecule is CC(C)(CCCC(C)(C)NO)NO. The molecule has 0 heterocycles. The van der Waals surface area contributed by atoms with Gasteiger partial charge in [0.15, 0.2) is 0 Å². The van der Waals surface area contributed by atoms with E-state index < -0.39 is 0 Å². The molecule has 0 amide bonds. The number of hydrogen-bond acceptors (Lipinski definition) is 4. The Morgan fingerprint density at radius 1 is 0.846 bits per heavy atom. The Morgan fingerprint density at radius 3 is 1.38 bits per heavy atom. The number of hydrogen-bond donors (Lipinski definition) is 4. The van der Waals surface area contributed by atoms with Crippen molar-refractivity contribution in [3.05, 3.63) is 0 Å². The maximum absolute atomic E-state index is 8.77. The first kappa shape index (κ1) is 12.8. The fourth-order valence-electron chi connectivity index (χ4n) is 1.08. The molecule has 0 aliphatic rings. The van der Waals surface area contributed by atoms with Crippen molar-refractivity contribution < 1.29 is 10.4 Å². The zero-order valence-corrected chi connectivity index (χ0v) is 9.02. The van der Waals surface area contributed by atoms with Crippen LogP contribution in [0.5, 0.6) is 0 Å². The van der Waals surface area contributed by atoms with Crippen LogP contribution in [-0.4, -0.2) is 21.5 Å². The van der Waals surface area contributed by atoms with Gasteiger partial charge in [-0.3, -0.25) is 0 Å². The molecule has 4 N–H and O–H groups in total. The van der Waals surface area contributed by atoms with Crippen LogP contribution < -0.4 is 11.0 Å². The maximum Gasteiger partial charge on any atom is 0.0373 e. The minimum absolute atomic E-state index is 0.245. The van der Waals surface area contributed by atoms with Gasteiger partial charge in [0.1, 0.15) is 0 Å². The fourth-order valence-corrected chi connectivity index (χ4v) is 1.08. The van der Waals surface area contributed by atoms with Gasteiger partial charge in [0, 0.05) is 11.1 Å². The van der Waals surface area contributed by atoms with Crippen molar-refractivity contribution in [3.8, 4) is 0 Å². The van der Waals surface area contributed by atoms with Crippen LogP contribution in [0.1, 0.15) is 47.0 Å². The molecule has 13 heavy (non-hydrogen) atoms. The van der Waals surface area contributed by atoms with Crippen LogP contribution in [0.25, 0.3) is 0 Å². The Labute approximate surface area is 80.3 Å². The molecule has 0 radical (unpaired) electrons. The maximum atomic E-state index is 8.77. The van der Waals surface area contributed by atoms with Crippen LogP contribution in [0, 0.1) is 0 Å². The molecule has 0 aromatic carbocycles. The summed E-state index contributed by atoms with van der Waals surface area (Å²) >= 11 is 0. The summed E-state index contributed by atoms with van der Waals surface area (Å²) in [5.41, 5.74) is 4.04. The van der Waals surface area contributed by atoms with Gasteiger partial charge in [-0.25, -0.2) is 11.0 Å². The minimum Gasteiger partial charge on any atom is -0.316 e. The summed E-state index contributed by atoms with van der Waals surface area (Å²) in [6.07, 6.45) is 2.68. The molecule has 4 nitrogen and oxygen atoms in total. The van der Waals surface area contributed by atoms with E-state index in [2.05, 4.69) is 11.0 Å². The lowest BCUT2D eigenvalue weighted by molar-refractivity contribution is 0.0594. The van der Waals surface area contributed by atoms with Gasteiger partial charge in [-0.1, -0.05) is 0 Å². The molecule has 0 saturated heterocycles. The van der Waals surface area contributed by atoms with Crippen LogP contribution in [0.2, 0.25) is 0 Å². The van der Waals surface area contributed by atoms with Gasteiger partial charge >= 0.3 is 0 Å². The largest absolute Gasteiger partial charge is 0.316 e. The summed E-state index contributed by atoms with van der Waals surface area (Å²) in [6, 6.07) is 0. The molecule has 0 saturated carbocycles. The molecule has 0 aromatic rings. The average molecular weight is 190 g/mol. The molecule has 80 valence electrons. The van der Waals surface area contributed by atoms with E-state index in [-0.39, 0.29) is 11.1 Å². The molecular weight excluding hydrogens is 168 g/mol. The highest BCUT2D eigenvalue weighted by atomic mass is 16.5. The molecule has 0 fully saturated rings. The van der Waals surface area contributed by atoms with Gasteiger partial charge in [0.25, 0.3) is 0 Å². The predicted octanol–water partition coefficient (Wildman–Crippen LogP) is 1.67. The van der Waals surface area contributed by atoms with Crippen molar-refractivity contribution in [2.45, 2.75) is 58.0 Å². The van der Waals surface area contributed by atoms with Crippen LogP contribution >= 0.6 is 0 Å². The number of nitrogens with one attached hydrogen (secondary N) is 2. The molecule has 4 heteroatoms. The van der Waals surface area contributed by atoms with E-state index in [1.807, 2.05) is 27.7 Å². The Bertz CT molecular complexity index is 131. The summed E-state index contributed by atoms with van der Waals surface area (Å²) in [6.45, 7) is 7.75. The lowest BCUT2D eigenvalue weighted by Crippen LogP contribution is -2.39. The zero-order valence-electron chi connectivity index (χ0n) is 9.02. The van der Waals surface area contributed by atoms with Gasteiger partial charge in [0.2, 0.25) is 0 Å². The molecule has 0 aliphatic carbocycles. The van der Waals surface area contributed by atoms with Gasteiger partial charge < -0.3 is 10.4 Å². The summed E-state index contributed by atoms with van der Waals surface area (Å²) in [4.78, 5) is 0. The molecule has 0 spiro atoms. The molecule has 0 aliphatic heterocycles. The van der Waals surface area contributed by atoms with E-state index in [0.717, 1.165) is 19.3 Å². The summed E-state index contributed by atoms with van der Waals surface area (Å²) < 4.78 is 0. The normalized spacial score (nSPS) is 13.4. The average Bonchev–Trinajstić information content (AvgIpc) is 2.04. The van der Waals surface area contributed by atoms with E-state index in [0.29, 0.717) is 0 Å². The van der Waals surface area contributed by atoms with Crippen LogP contribution in [-0.2, 0) is 0 Å². The predicted molar refractivity (Wildman–Crippen MR) is 51.9 cm³/mol. The van der Waals surface area contributed by atoms with Gasteiger partial charge in [0.05, 0.1) is 0 Å². The van der Waals surface area contributed by atoms with Crippen molar-refractivity contribution in [1.82, 2.24) is 11.0 Å². The molecule has 0 unspecified atom stereocenters. The standard InChI is InChI=1S/C9H22N2O2/c1-8(2,10-12)6-5-7-9(3,4)11-13/h10-13H,5-7H2,1-4H3. The second kappa shape index (κ2) is 4.91. The third-order valence-electron chi connectivity index (χ3n) is 2.21. The highest BCUT2D eigenvalue weighted by molar-refractivity contribution is 4.77. The Kier molecular flexibility index (Phi) is 4.85. The second-order valence-corrected chi connectivity index (χ2v) is 4.84. The minimum atomic E-state index is -0.245. The van der Waals surface area contributed by atoms with E-state index in [4.69, 9.17) is 10.4 Å². The Hall–Kier alpha value is -0.160. The van der Waals surface area contributed by atoms with E-state index >= 15 is 0 Å². The monoisotopic (exact) mass is 190 g/mol. The smallest absolute Gasteiger partial charge is 0.0373 e. The molecule has 0 aromatic heterocycles. The topological polar surface area (TPSA) is 64.5 Å². The zero-order chi connectivity index (χ0) is 10.5. The number of rotatable bonds is 6. The molecule has 0 bridgehead atoms. The number of hydroxylamine groups is 2. The first-order chi connectivity index (χ1) is 5.83. The third-order valence-corrected chi connectivity index (χ3v) is 2.21. The molecular formula is C9H22N2O2. The highest BCUT2D eigenvalue weighted by Gasteiger charge is 2.20. The summed E-state index contributed by atoms with van der Waals surface area (Å²) in [5, 5.41) is 17.5.